The Kier molecular flexibility index (Phi) is 10.1. The van der Waals surface area contributed by atoms with Crippen LogP contribution in [0.2, 0.25) is 0 Å². The molecule has 0 bridgehead atoms. The van der Waals surface area contributed by atoms with Gasteiger partial charge in [-0.05, 0) is 24.3 Å². The Bertz CT molecular complexity index is 2220. The predicted octanol–water partition coefficient (Wildman–Crippen LogP) is 8.24. The number of aromatic nitrogens is 2. The summed E-state index contributed by atoms with van der Waals surface area (Å²) in [5.74, 6) is -3.56. The van der Waals surface area contributed by atoms with Crippen LogP contribution in [0.3, 0.4) is 0 Å². The van der Waals surface area contributed by atoms with Crippen LogP contribution in [0, 0.1) is 0 Å². The molecule has 0 spiro atoms. The van der Waals surface area contributed by atoms with E-state index in [0.29, 0.717) is 5.56 Å². The summed E-state index contributed by atoms with van der Waals surface area (Å²) in [6.07, 6.45) is -7.80. The van der Waals surface area contributed by atoms with Gasteiger partial charge < -0.3 is 8.83 Å². The summed E-state index contributed by atoms with van der Waals surface area (Å²) in [5, 5.41) is 0. The third-order valence-corrected chi connectivity index (χ3v) is 9.05. The van der Waals surface area contributed by atoms with Crippen LogP contribution in [-0.2, 0) is 26.2 Å². The fourth-order valence-corrected chi connectivity index (χ4v) is 6.20. The molecule has 2 N–H and O–H groups in total. The molecule has 0 saturated heterocycles. The van der Waals surface area contributed by atoms with Gasteiger partial charge in [0.05, 0.1) is 9.79 Å². The number of halogens is 5. The van der Waals surface area contributed by atoms with Crippen molar-refractivity contribution in [3.8, 4) is 22.6 Å². The van der Waals surface area contributed by atoms with E-state index in [1.807, 2.05) is 0 Å². The summed E-state index contributed by atoms with van der Waals surface area (Å²) in [6.45, 7) is 0. The van der Waals surface area contributed by atoms with Crippen LogP contribution in [-0.4, -0.2) is 26.8 Å². The fourth-order valence-electron chi connectivity index (χ4n) is 4.15. The minimum Gasteiger partial charge on any atom is -0.433 e. The second-order valence-electron chi connectivity index (χ2n) is 9.79. The average molecular weight is 719 g/mol. The van der Waals surface area contributed by atoms with Crippen LogP contribution in [0.15, 0.2) is 140 Å². The lowest BCUT2D eigenvalue weighted by Crippen LogP contribution is -2.14. The quantitative estimate of drug-likeness (QED) is 0.142. The van der Waals surface area contributed by atoms with E-state index in [0.717, 1.165) is 0 Å². The van der Waals surface area contributed by atoms with Gasteiger partial charge in [0.2, 0.25) is 0 Å². The summed E-state index contributed by atoms with van der Waals surface area (Å²) in [4.78, 5) is 6.76. The highest BCUT2D eigenvalue weighted by Gasteiger charge is 2.39. The Balaban J connectivity index is 0.000000191. The molecule has 0 atom stereocenters. The highest BCUT2D eigenvalue weighted by molar-refractivity contribution is 7.93. The van der Waals surface area contributed by atoms with Crippen LogP contribution < -0.4 is 9.44 Å². The lowest BCUT2D eigenvalue weighted by Gasteiger charge is -2.06. The molecule has 6 rings (SSSR count). The first-order valence-electron chi connectivity index (χ1n) is 13.9. The van der Waals surface area contributed by atoms with E-state index in [2.05, 4.69) is 19.4 Å². The van der Waals surface area contributed by atoms with Crippen molar-refractivity contribution in [1.82, 2.24) is 9.97 Å². The smallest absolute Gasteiger partial charge is 0.433 e. The topological polar surface area (TPSA) is 144 Å². The van der Waals surface area contributed by atoms with Crippen molar-refractivity contribution in [3.63, 3.8) is 0 Å². The molecule has 0 aliphatic rings. The summed E-state index contributed by atoms with van der Waals surface area (Å²) >= 11 is 0. The lowest BCUT2D eigenvalue weighted by molar-refractivity contribution is -0.156. The number of alkyl halides is 5. The molecule has 4 aromatic carbocycles. The highest BCUT2D eigenvalue weighted by Crippen LogP contribution is 2.37. The van der Waals surface area contributed by atoms with Gasteiger partial charge in [0.25, 0.3) is 25.9 Å². The molecule has 2 heterocycles. The van der Waals surface area contributed by atoms with E-state index in [1.54, 1.807) is 72.8 Å². The summed E-state index contributed by atoms with van der Waals surface area (Å²) in [7, 11) is -8.09. The third kappa shape index (κ3) is 8.49. The second kappa shape index (κ2) is 14.3. The number of benzene rings is 4. The van der Waals surface area contributed by atoms with Crippen LogP contribution in [0.1, 0.15) is 18.2 Å². The number of nitrogens with one attached hydrogen (secondary N) is 2. The van der Waals surface area contributed by atoms with E-state index < -0.39 is 50.2 Å². The molecular weight excluding hydrogens is 695 g/mol. The van der Waals surface area contributed by atoms with E-state index in [9.17, 15) is 38.8 Å². The number of hydrogen-bond donors (Lipinski definition) is 2. The van der Waals surface area contributed by atoms with Crippen LogP contribution in [0.25, 0.3) is 22.6 Å². The van der Waals surface area contributed by atoms with E-state index in [4.69, 9.17) is 8.83 Å². The van der Waals surface area contributed by atoms with Crippen molar-refractivity contribution in [2.24, 2.45) is 0 Å². The number of oxazole rings is 2. The largest absolute Gasteiger partial charge is 0.469 e. The van der Waals surface area contributed by atoms with Gasteiger partial charge in [0.1, 0.15) is 0 Å². The van der Waals surface area contributed by atoms with Gasteiger partial charge in [-0.2, -0.15) is 31.9 Å². The molecule has 0 aliphatic heterocycles. The van der Waals surface area contributed by atoms with Gasteiger partial charge in [-0.1, -0.05) is 97.1 Å². The zero-order chi connectivity index (χ0) is 35.2. The molecule has 6 aromatic rings. The number of rotatable bonds is 9. The molecule has 0 unspecified atom stereocenters. The average Bonchev–Trinajstić information content (AvgIpc) is 3.71. The molecule has 0 aliphatic carbocycles. The first kappa shape index (κ1) is 34.8. The zero-order valence-electron chi connectivity index (χ0n) is 24.7. The third-order valence-electron chi connectivity index (χ3n) is 6.34. The van der Waals surface area contributed by atoms with Crippen LogP contribution in [0.4, 0.5) is 33.6 Å². The van der Waals surface area contributed by atoms with E-state index in [1.165, 1.54) is 48.5 Å². The Hall–Kier alpha value is -5.55. The Morgan fingerprint density at radius 3 is 1.31 bits per heavy atom. The van der Waals surface area contributed by atoms with E-state index >= 15 is 0 Å². The van der Waals surface area contributed by atoms with Crippen LogP contribution >= 0.6 is 0 Å². The summed E-state index contributed by atoms with van der Waals surface area (Å²) in [6, 6.07) is 30.9. The van der Waals surface area contributed by atoms with Gasteiger partial charge in [0.15, 0.2) is 23.2 Å². The predicted molar refractivity (Wildman–Crippen MR) is 168 cm³/mol. The standard InChI is InChI=1S/C16H11F3N2O3S.C16H12F2N2O3S/c17-16(18,19)15-20-14(13(24-15)11-7-3-1-4-8-11)21-25(22,23)12-9-5-2-6-10-12;17-14(18)16-19-15(13(23-16)11-7-3-1-4-8-11)20-24(21,22)12-9-5-2-6-10-12/h1-10,21H;1-10,14,20H. The van der Waals surface area contributed by atoms with Gasteiger partial charge in [-0.3, -0.25) is 9.44 Å². The first-order valence-corrected chi connectivity index (χ1v) is 16.8. The van der Waals surface area contributed by atoms with Gasteiger partial charge >= 0.3 is 18.5 Å². The summed E-state index contributed by atoms with van der Waals surface area (Å²) in [5.41, 5.74) is 0.693. The molecule has 0 radical (unpaired) electrons. The molecule has 0 saturated carbocycles. The first-order chi connectivity index (χ1) is 23.2. The van der Waals surface area contributed by atoms with Gasteiger partial charge in [0, 0.05) is 11.1 Å². The lowest BCUT2D eigenvalue weighted by atomic mass is 10.2. The van der Waals surface area contributed by atoms with Crippen molar-refractivity contribution >= 4 is 31.7 Å². The number of nitrogens with zero attached hydrogens (tertiary/aromatic N) is 2. The van der Waals surface area contributed by atoms with Crippen LogP contribution in [0.5, 0.6) is 0 Å². The molecule has 17 heteroatoms. The van der Waals surface area contributed by atoms with E-state index in [-0.39, 0.29) is 32.7 Å². The number of anilines is 2. The van der Waals surface area contributed by atoms with Crippen molar-refractivity contribution in [1.29, 1.82) is 0 Å². The minimum absolute atomic E-state index is 0.00870. The monoisotopic (exact) mass is 718 g/mol. The molecule has 2 aromatic heterocycles. The molecule has 0 amide bonds. The number of sulfonamides is 2. The molecular formula is C32H23F5N4O6S2. The van der Waals surface area contributed by atoms with Crippen molar-refractivity contribution in [3.05, 3.63) is 133 Å². The highest BCUT2D eigenvalue weighted by atomic mass is 32.2. The zero-order valence-corrected chi connectivity index (χ0v) is 26.3. The SMILES string of the molecule is O=S(=O)(Nc1nc(C(F)(F)F)oc1-c1ccccc1)c1ccccc1.O=S(=O)(Nc1nc(C(F)F)oc1-c1ccccc1)c1ccccc1. The van der Waals surface area contributed by atoms with Crippen molar-refractivity contribution in [2.45, 2.75) is 22.4 Å². The van der Waals surface area contributed by atoms with Crippen molar-refractivity contribution in [2.75, 3.05) is 9.44 Å². The maximum atomic E-state index is 12.9. The van der Waals surface area contributed by atoms with Crippen molar-refractivity contribution < 1.29 is 47.6 Å². The molecule has 0 fully saturated rings. The summed E-state index contributed by atoms with van der Waals surface area (Å²) < 4.78 is 128. The normalized spacial score (nSPS) is 11.9. The minimum atomic E-state index is -4.85. The number of hydrogen-bond acceptors (Lipinski definition) is 8. The fraction of sp³-hybridized carbons (Fsp3) is 0.0625. The maximum Gasteiger partial charge on any atom is 0.469 e. The maximum absolute atomic E-state index is 12.9. The second-order valence-corrected chi connectivity index (χ2v) is 13.2. The molecule has 49 heavy (non-hydrogen) atoms. The molecule has 254 valence electrons. The molecule has 10 nitrogen and oxygen atoms in total. The Morgan fingerprint density at radius 2 is 0.918 bits per heavy atom. The Morgan fingerprint density at radius 1 is 0.551 bits per heavy atom. The van der Waals surface area contributed by atoms with Gasteiger partial charge in [-0.25, -0.2) is 16.8 Å². The Labute approximate surface area is 276 Å². The van der Waals surface area contributed by atoms with Gasteiger partial charge in [-0.15, -0.1) is 0 Å².